The van der Waals surface area contributed by atoms with Crippen LogP contribution in [-0.2, 0) is 24.0 Å². The van der Waals surface area contributed by atoms with E-state index in [0.29, 0.717) is 19.4 Å². The van der Waals surface area contributed by atoms with Gasteiger partial charge < -0.3 is 37.6 Å². The highest BCUT2D eigenvalue weighted by Crippen LogP contribution is 2.05. The molecule has 0 aromatic carbocycles. The molecule has 4 unspecified atom stereocenters. The molecule has 0 aliphatic heterocycles. The van der Waals surface area contributed by atoms with E-state index in [0.717, 1.165) is 0 Å². The van der Waals surface area contributed by atoms with Crippen LogP contribution in [0, 0.1) is 5.92 Å². The Hall–Kier alpha value is -2.38. The lowest BCUT2D eigenvalue weighted by atomic mass is 10.0. The number of hydrogen-bond acceptors (Lipinski definition) is 8. The van der Waals surface area contributed by atoms with Crippen molar-refractivity contribution in [1.29, 1.82) is 0 Å². The molecule has 0 saturated heterocycles. The van der Waals surface area contributed by atoms with Crippen molar-refractivity contribution in [2.75, 3.05) is 12.3 Å². The van der Waals surface area contributed by atoms with E-state index in [4.69, 9.17) is 16.6 Å². The number of carboxylic acid groups (broad SMARTS) is 2. The lowest BCUT2D eigenvalue weighted by molar-refractivity contribution is -0.142. The number of nitrogens with one attached hydrogen (secondary N) is 3. The van der Waals surface area contributed by atoms with Gasteiger partial charge in [0, 0.05) is 12.2 Å². The zero-order valence-electron chi connectivity index (χ0n) is 18.4. The SMILES string of the molecule is CC(C)C(N)C(=O)NC(CCC(=O)O)C(=O)NC(CS)C(=O)NC(CCCCN)C(=O)O. The van der Waals surface area contributed by atoms with Crippen molar-refractivity contribution in [2.45, 2.75) is 70.1 Å². The van der Waals surface area contributed by atoms with Crippen LogP contribution in [0.3, 0.4) is 0 Å². The van der Waals surface area contributed by atoms with Crippen LogP contribution < -0.4 is 27.4 Å². The van der Waals surface area contributed by atoms with Gasteiger partial charge in [-0.1, -0.05) is 13.8 Å². The highest BCUT2D eigenvalue weighted by molar-refractivity contribution is 7.80. The van der Waals surface area contributed by atoms with Crippen LogP contribution in [0.1, 0.15) is 46.0 Å². The standard InChI is InChI=1S/C19H35N5O7S/c1-10(2)15(21)18(29)22-11(6-7-14(25)26)16(27)24-13(9-32)17(28)23-12(19(30)31)5-3-4-8-20/h10-13,15,32H,3-9,20-21H2,1-2H3,(H,22,29)(H,23,28)(H,24,27)(H,25,26)(H,30,31). The fourth-order valence-electron chi connectivity index (χ4n) is 2.60. The molecule has 184 valence electrons. The average molecular weight is 478 g/mol. The lowest BCUT2D eigenvalue weighted by Crippen LogP contribution is -2.58. The first-order valence-electron chi connectivity index (χ1n) is 10.4. The van der Waals surface area contributed by atoms with Crippen LogP contribution in [0.4, 0.5) is 0 Å². The summed E-state index contributed by atoms with van der Waals surface area (Å²) in [7, 11) is 0. The first kappa shape index (κ1) is 29.6. The van der Waals surface area contributed by atoms with Crippen LogP contribution >= 0.6 is 12.6 Å². The molecule has 0 aromatic heterocycles. The highest BCUT2D eigenvalue weighted by atomic mass is 32.1. The quantitative estimate of drug-likeness (QED) is 0.0950. The van der Waals surface area contributed by atoms with Crippen LogP contribution in [0.15, 0.2) is 0 Å². The van der Waals surface area contributed by atoms with E-state index in [1.807, 2.05) is 0 Å². The van der Waals surface area contributed by atoms with Gasteiger partial charge in [-0.2, -0.15) is 12.6 Å². The van der Waals surface area contributed by atoms with Gasteiger partial charge >= 0.3 is 11.9 Å². The Bertz CT molecular complexity index is 662. The van der Waals surface area contributed by atoms with Gasteiger partial charge in [0.15, 0.2) is 0 Å². The molecule has 0 spiro atoms. The fourth-order valence-corrected chi connectivity index (χ4v) is 2.85. The molecule has 0 aromatic rings. The summed E-state index contributed by atoms with van der Waals surface area (Å²) in [5, 5.41) is 25.4. The Kier molecular flexibility index (Phi) is 14.3. The third kappa shape index (κ3) is 11.3. The molecule has 32 heavy (non-hydrogen) atoms. The Morgan fingerprint density at radius 1 is 0.844 bits per heavy atom. The molecule has 13 heteroatoms. The third-order valence-corrected chi connectivity index (χ3v) is 5.04. The Morgan fingerprint density at radius 2 is 1.38 bits per heavy atom. The van der Waals surface area contributed by atoms with E-state index in [2.05, 4.69) is 28.6 Å². The van der Waals surface area contributed by atoms with Gasteiger partial charge in [0.25, 0.3) is 0 Å². The van der Waals surface area contributed by atoms with E-state index < -0.39 is 60.2 Å². The second-order valence-corrected chi connectivity index (χ2v) is 8.06. The summed E-state index contributed by atoms with van der Waals surface area (Å²) >= 11 is 4.03. The van der Waals surface area contributed by atoms with Crippen LogP contribution in [0.2, 0.25) is 0 Å². The molecule has 3 amide bonds. The summed E-state index contributed by atoms with van der Waals surface area (Å²) in [5.41, 5.74) is 11.2. The zero-order valence-corrected chi connectivity index (χ0v) is 19.3. The molecule has 0 aliphatic rings. The van der Waals surface area contributed by atoms with Gasteiger partial charge in [-0.25, -0.2) is 4.79 Å². The minimum absolute atomic E-state index is 0.155. The van der Waals surface area contributed by atoms with Crippen molar-refractivity contribution in [3.05, 3.63) is 0 Å². The fraction of sp³-hybridized carbons (Fsp3) is 0.737. The summed E-state index contributed by atoms with van der Waals surface area (Å²) < 4.78 is 0. The number of carbonyl (C=O) groups excluding carboxylic acids is 3. The number of carboxylic acids is 2. The second-order valence-electron chi connectivity index (χ2n) is 7.69. The predicted octanol–water partition coefficient (Wildman–Crippen LogP) is -1.57. The van der Waals surface area contributed by atoms with Crippen LogP contribution in [0.25, 0.3) is 0 Å². The van der Waals surface area contributed by atoms with Gasteiger partial charge in [-0.05, 0) is 38.1 Å². The van der Waals surface area contributed by atoms with E-state index in [1.54, 1.807) is 13.8 Å². The number of nitrogens with two attached hydrogens (primary N) is 2. The minimum Gasteiger partial charge on any atom is -0.481 e. The first-order chi connectivity index (χ1) is 14.9. The number of carbonyl (C=O) groups is 5. The van der Waals surface area contributed by atoms with Crippen LogP contribution in [-0.4, -0.2) is 76.3 Å². The monoisotopic (exact) mass is 477 g/mol. The minimum atomic E-state index is -1.25. The topological polar surface area (TPSA) is 214 Å². The number of amides is 3. The molecule has 9 N–H and O–H groups in total. The normalized spacial score (nSPS) is 14.7. The molecule has 12 nitrogen and oxygen atoms in total. The highest BCUT2D eigenvalue weighted by Gasteiger charge is 2.30. The second kappa shape index (κ2) is 15.4. The maximum absolute atomic E-state index is 12.7. The number of hydrogen-bond donors (Lipinski definition) is 8. The lowest BCUT2D eigenvalue weighted by Gasteiger charge is -2.25. The van der Waals surface area contributed by atoms with Crippen molar-refractivity contribution in [3.8, 4) is 0 Å². The van der Waals surface area contributed by atoms with Gasteiger partial charge in [-0.15, -0.1) is 0 Å². The summed E-state index contributed by atoms with van der Waals surface area (Å²) in [6, 6.07) is -4.53. The van der Waals surface area contributed by atoms with Crippen LogP contribution in [0.5, 0.6) is 0 Å². The Morgan fingerprint density at radius 3 is 1.84 bits per heavy atom. The molecule has 0 heterocycles. The molecular weight excluding hydrogens is 442 g/mol. The van der Waals surface area contributed by atoms with Gasteiger partial charge in [0.05, 0.1) is 6.04 Å². The number of thiol groups is 1. The van der Waals surface area contributed by atoms with E-state index in [-0.39, 0.29) is 24.5 Å². The predicted molar refractivity (Wildman–Crippen MR) is 120 cm³/mol. The zero-order chi connectivity index (χ0) is 24.8. The summed E-state index contributed by atoms with van der Waals surface area (Å²) in [6.07, 6.45) is 0.613. The number of unbranched alkanes of at least 4 members (excludes halogenated alkanes) is 1. The van der Waals surface area contributed by atoms with Gasteiger partial charge in [-0.3, -0.25) is 19.2 Å². The molecule has 0 fully saturated rings. The largest absolute Gasteiger partial charge is 0.481 e. The number of rotatable bonds is 16. The summed E-state index contributed by atoms with van der Waals surface area (Å²) in [6.45, 7) is 3.81. The molecule has 0 aliphatic carbocycles. The van der Waals surface area contributed by atoms with Gasteiger partial charge in [0.1, 0.15) is 18.1 Å². The average Bonchev–Trinajstić information content (AvgIpc) is 2.72. The Balaban J connectivity index is 5.24. The third-order valence-electron chi connectivity index (χ3n) is 4.68. The maximum Gasteiger partial charge on any atom is 0.326 e. The maximum atomic E-state index is 12.7. The van der Waals surface area contributed by atoms with E-state index in [1.165, 1.54) is 0 Å². The first-order valence-corrected chi connectivity index (χ1v) is 11.0. The summed E-state index contributed by atoms with van der Waals surface area (Å²) in [4.78, 5) is 59.7. The van der Waals surface area contributed by atoms with Gasteiger partial charge in [0.2, 0.25) is 17.7 Å². The Labute approximate surface area is 192 Å². The molecular formula is C19H35N5O7S. The molecule has 0 saturated carbocycles. The van der Waals surface area contributed by atoms with Crippen molar-refractivity contribution >= 4 is 42.3 Å². The van der Waals surface area contributed by atoms with E-state index >= 15 is 0 Å². The molecule has 0 rings (SSSR count). The smallest absolute Gasteiger partial charge is 0.326 e. The van der Waals surface area contributed by atoms with Crippen molar-refractivity contribution in [1.82, 2.24) is 16.0 Å². The van der Waals surface area contributed by atoms with E-state index in [9.17, 15) is 29.1 Å². The van der Waals surface area contributed by atoms with Crippen molar-refractivity contribution in [3.63, 3.8) is 0 Å². The number of aliphatic carboxylic acids is 2. The van der Waals surface area contributed by atoms with Crippen molar-refractivity contribution in [2.24, 2.45) is 17.4 Å². The molecule has 0 bridgehead atoms. The summed E-state index contributed by atoms with van der Waals surface area (Å²) in [5.74, 6) is -4.98. The van der Waals surface area contributed by atoms with Crippen molar-refractivity contribution < 1.29 is 34.2 Å². The molecule has 4 atom stereocenters. The molecule has 0 radical (unpaired) electrons.